The number of aromatic nitrogens is 2. The molecule has 1 N–H and O–H groups in total. The van der Waals surface area contributed by atoms with Gasteiger partial charge in [-0.05, 0) is 26.2 Å². The van der Waals surface area contributed by atoms with Crippen LogP contribution in [0.5, 0.6) is 0 Å². The molecule has 0 unspecified atom stereocenters. The number of carbonyl (C=O) groups is 1. The molecular weight excluding hydrogens is 258 g/mol. The zero-order valence-corrected chi connectivity index (χ0v) is 11.8. The van der Waals surface area contributed by atoms with E-state index >= 15 is 0 Å². The second-order valence-electron chi connectivity index (χ2n) is 4.86. The van der Waals surface area contributed by atoms with Gasteiger partial charge in [0.1, 0.15) is 5.69 Å². The van der Waals surface area contributed by atoms with Crippen LogP contribution >= 0.6 is 0 Å². The molecule has 2 heterocycles. The smallest absolute Gasteiger partial charge is 0.271 e. The number of hydrogen-bond acceptors (Lipinski definition) is 5. The molecule has 1 aromatic heterocycles. The number of ether oxygens (including phenoxy) is 2. The van der Waals surface area contributed by atoms with E-state index in [1.165, 1.54) is 6.20 Å². The molecule has 0 spiro atoms. The minimum absolute atomic E-state index is 0.198. The quantitative estimate of drug-likeness (QED) is 0.757. The number of aryl methyl sites for hydroxylation is 1. The van der Waals surface area contributed by atoms with E-state index in [0.717, 1.165) is 31.6 Å². The number of carbonyl (C=O) groups excluding carboxylic acids is 1. The van der Waals surface area contributed by atoms with Gasteiger partial charge in [-0.3, -0.25) is 9.78 Å². The van der Waals surface area contributed by atoms with Crippen LogP contribution in [0.4, 0.5) is 0 Å². The summed E-state index contributed by atoms with van der Waals surface area (Å²) in [5, 5.41) is 2.79. The molecule has 1 aromatic rings. The van der Waals surface area contributed by atoms with E-state index in [-0.39, 0.29) is 12.0 Å². The van der Waals surface area contributed by atoms with Crippen LogP contribution in [0.1, 0.15) is 35.4 Å². The third-order valence-corrected chi connectivity index (χ3v) is 3.09. The fourth-order valence-corrected chi connectivity index (χ4v) is 1.97. The molecule has 2 rings (SSSR count). The van der Waals surface area contributed by atoms with E-state index in [1.54, 1.807) is 6.20 Å². The highest BCUT2D eigenvalue weighted by molar-refractivity contribution is 5.91. The lowest BCUT2D eigenvalue weighted by Crippen LogP contribution is -2.26. The summed E-state index contributed by atoms with van der Waals surface area (Å²) in [5.41, 5.74) is 1.14. The molecule has 1 atom stereocenters. The molecule has 0 aliphatic carbocycles. The summed E-state index contributed by atoms with van der Waals surface area (Å²) in [6.45, 7) is 4.53. The molecule has 1 fully saturated rings. The van der Waals surface area contributed by atoms with Crippen molar-refractivity contribution in [1.82, 2.24) is 15.3 Å². The number of nitrogens with zero attached hydrogens (tertiary/aromatic N) is 2. The van der Waals surface area contributed by atoms with Gasteiger partial charge >= 0.3 is 0 Å². The first-order valence-electron chi connectivity index (χ1n) is 7.02. The average Bonchev–Trinajstić information content (AvgIpc) is 2.96. The van der Waals surface area contributed by atoms with Crippen molar-refractivity contribution in [1.29, 1.82) is 0 Å². The highest BCUT2D eigenvalue weighted by Crippen LogP contribution is 2.11. The lowest BCUT2D eigenvalue weighted by molar-refractivity contribution is 0.0166. The molecule has 1 amide bonds. The minimum atomic E-state index is -0.198. The molecular formula is C14H21N3O3. The predicted molar refractivity (Wildman–Crippen MR) is 73.5 cm³/mol. The van der Waals surface area contributed by atoms with Crippen molar-refractivity contribution < 1.29 is 14.3 Å². The Hall–Kier alpha value is -1.53. The molecule has 0 radical (unpaired) electrons. The fourth-order valence-electron chi connectivity index (χ4n) is 1.97. The number of amides is 1. The monoisotopic (exact) mass is 279 g/mol. The summed E-state index contributed by atoms with van der Waals surface area (Å²) in [6, 6.07) is 0. The molecule has 1 aliphatic rings. The summed E-state index contributed by atoms with van der Waals surface area (Å²) in [7, 11) is 0. The Morgan fingerprint density at radius 3 is 3.10 bits per heavy atom. The van der Waals surface area contributed by atoms with Crippen molar-refractivity contribution >= 4 is 5.91 Å². The van der Waals surface area contributed by atoms with E-state index in [4.69, 9.17) is 9.47 Å². The first kappa shape index (κ1) is 14.9. The van der Waals surface area contributed by atoms with Crippen LogP contribution in [-0.4, -0.2) is 48.3 Å². The highest BCUT2D eigenvalue weighted by Gasteiger charge is 2.14. The van der Waals surface area contributed by atoms with Gasteiger partial charge in [0, 0.05) is 26.0 Å². The van der Waals surface area contributed by atoms with Gasteiger partial charge in [0.05, 0.1) is 24.6 Å². The van der Waals surface area contributed by atoms with Gasteiger partial charge in [-0.25, -0.2) is 4.98 Å². The Balaban J connectivity index is 1.54. The number of nitrogens with one attached hydrogen (secondary N) is 1. The van der Waals surface area contributed by atoms with Gasteiger partial charge in [-0.2, -0.15) is 0 Å². The fraction of sp³-hybridized carbons (Fsp3) is 0.643. The molecule has 6 heteroatoms. The van der Waals surface area contributed by atoms with E-state index < -0.39 is 0 Å². The van der Waals surface area contributed by atoms with Gasteiger partial charge in [-0.15, -0.1) is 0 Å². The molecule has 0 saturated carbocycles. The SMILES string of the molecule is Cc1cnc(C(=O)NCCCOC[C@@H]2CCCO2)cn1. The summed E-state index contributed by atoms with van der Waals surface area (Å²) in [6.07, 6.45) is 6.31. The molecule has 0 bridgehead atoms. The standard InChI is InChI=1S/C14H21N3O3/c1-11-8-17-13(9-16-11)14(18)15-5-3-6-19-10-12-4-2-7-20-12/h8-9,12H,2-7,10H2,1H3,(H,15,18)/t12-/m0/s1. The Bertz CT molecular complexity index is 416. The molecule has 110 valence electrons. The summed E-state index contributed by atoms with van der Waals surface area (Å²) in [5.74, 6) is -0.198. The van der Waals surface area contributed by atoms with Crippen molar-refractivity contribution in [2.45, 2.75) is 32.3 Å². The van der Waals surface area contributed by atoms with E-state index in [2.05, 4.69) is 15.3 Å². The highest BCUT2D eigenvalue weighted by atomic mass is 16.5. The molecule has 1 aliphatic heterocycles. The maximum absolute atomic E-state index is 11.7. The first-order valence-corrected chi connectivity index (χ1v) is 7.02. The number of hydrogen-bond donors (Lipinski definition) is 1. The van der Waals surface area contributed by atoms with Crippen LogP contribution in [0.15, 0.2) is 12.4 Å². The maximum atomic E-state index is 11.7. The van der Waals surface area contributed by atoms with Crippen LogP contribution in [-0.2, 0) is 9.47 Å². The van der Waals surface area contributed by atoms with E-state index in [0.29, 0.717) is 25.5 Å². The topological polar surface area (TPSA) is 73.3 Å². The molecule has 1 saturated heterocycles. The van der Waals surface area contributed by atoms with Crippen molar-refractivity contribution in [3.05, 3.63) is 23.8 Å². The van der Waals surface area contributed by atoms with E-state index in [1.807, 2.05) is 6.92 Å². The van der Waals surface area contributed by atoms with Gasteiger partial charge < -0.3 is 14.8 Å². The lowest BCUT2D eigenvalue weighted by Gasteiger charge is -2.10. The van der Waals surface area contributed by atoms with Crippen molar-refractivity contribution in [3.63, 3.8) is 0 Å². The van der Waals surface area contributed by atoms with Crippen LogP contribution < -0.4 is 5.32 Å². The van der Waals surface area contributed by atoms with Crippen molar-refractivity contribution in [2.75, 3.05) is 26.4 Å². The second-order valence-corrected chi connectivity index (χ2v) is 4.86. The Morgan fingerprint density at radius 1 is 1.50 bits per heavy atom. The van der Waals surface area contributed by atoms with Crippen LogP contribution in [0.3, 0.4) is 0 Å². The summed E-state index contributed by atoms with van der Waals surface area (Å²) in [4.78, 5) is 19.8. The van der Waals surface area contributed by atoms with Crippen LogP contribution in [0, 0.1) is 6.92 Å². The van der Waals surface area contributed by atoms with Gasteiger partial charge in [0.25, 0.3) is 5.91 Å². The van der Waals surface area contributed by atoms with Gasteiger partial charge in [0.15, 0.2) is 0 Å². The predicted octanol–water partition coefficient (Wildman–Crippen LogP) is 1.10. The Kier molecular flexibility index (Phi) is 5.88. The first-order chi connectivity index (χ1) is 9.75. The third kappa shape index (κ3) is 4.86. The van der Waals surface area contributed by atoms with E-state index in [9.17, 15) is 4.79 Å². The largest absolute Gasteiger partial charge is 0.379 e. The zero-order valence-electron chi connectivity index (χ0n) is 11.8. The lowest BCUT2D eigenvalue weighted by atomic mass is 10.2. The normalized spacial score (nSPS) is 18.1. The zero-order chi connectivity index (χ0) is 14.2. The average molecular weight is 279 g/mol. The van der Waals surface area contributed by atoms with Gasteiger partial charge in [0.2, 0.25) is 0 Å². The van der Waals surface area contributed by atoms with Crippen molar-refractivity contribution in [2.24, 2.45) is 0 Å². The van der Waals surface area contributed by atoms with Crippen molar-refractivity contribution in [3.8, 4) is 0 Å². The minimum Gasteiger partial charge on any atom is -0.379 e. The number of rotatable bonds is 7. The third-order valence-electron chi connectivity index (χ3n) is 3.09. The molecule has 6 nitrogen and oxygen atoms in total. The second kappa shape index (κ2) is 7.91. The maximum Gasteiger partial charge on any atom is 0.271 e. The molecule has 0 aromatic carbocycles. The van der Waals surface area contributed by atoms with Crippen LogP contribution in [0.25, 0.3) is 0 Å². The molecule has 20 heavy (non-hydrogen) atoms. The van der Waals surface area contributed by atoms with Crippen LogP contribution in [0.2, 0.25) is 0 Å². The summed E-state index contributed by atoms with van der Waals surface area (Å²) >= 11 is 0. The Morgan fingerprint density at radius 2 is 2.40 bits per heavy atom. The Labute approximate surface area is 118 Å². The summed E-state index contributed by atoms with van der Waals surface area (Å²) < 4.78 is 11.0. The van der Waals surface area contributed by atoms with Gasteiger partial charge in [-0.1, -0.05) is 0 Å².